The summed E-state index contributed by atoms with van der Waals surface area (Å²) in [5.74, 6) is -0.295. The zero-order chi connectivity index (χ0) is 17.4. The van der Waals surface area contributed by atoms with Gasteiger partial charge in [-0.25, -0.2) is 4.79 Å². The first-order valence-corrected chi connectivity index (χ1v) is 8.90. The van der Waals surface area contributed by atoms with Gasteiger partial charge in [-0.15, -0.1) is 0 Å². The Kier molecular flexibility index (Phi) is 4.58. The van der Waals surface area contributed by atoms with E-state index in [4.69, 9.17) is 11.6 Å². The van der Waals surface area contributed by atoms with Crippen LogP contribution in [0.25, 0.3) is 0 Å². The number of aliphatic hydroxyl groups is 1. The van der Waals surface area contributed by atoms with Crippen LogP contribution in [0.4, 0.5) is 4.79 Å². The molecule has 0 radical (unpaired) electrons. The molecule has 1 aliphatic carbocycles. The maximum Gasteiger partial charge on any atom is 0.325 e. The number of benzene rings is 1. The van der Waals surface area contributed by atoms with Gasteiger partial charge >= 0.3 is 6.03 Å². The summed E-state index contributed by atoms with van der Waals surface area (Å²) in [5, 5.41) is 14.1. The molecule has 130 valence electrons. The van der Waals surface area contributed by atoms with Crippen LogP contribution < -0.4 is 5.32 Å². The molecule has 1 saturated carbocycles. The van der Waals surface area contributed by atoms with Gasteiger partial charge in [0, 0.05) is 5.02 Å². The van der Waals surface area contributed by atoms with Gasteiger partial charge < -0.3 is 10.4 Å². The Morgan fingerprint density at radius 3 is 2.38 bits per heavy atom. The molecule has 0 aromatic heterocycles. The lowest BCUT2D eigenvalue weighted by molar-refractivity contribution is -0.135. The summed E-state index contributed by atoms with van der Waals surface area (Å²) >= 11 is 5.93. The number of hydrogen-bond acceptors (Lipinski definition) is 3. The largest absolute Gasteiger partial charge is 0.388 e. The second-order valence-electron chi connectivity index (χ2n) is 6.87. The Morgan fingerprint density at radius 1 is 1.17 bits per heavy atom. The van der Waals surface area contributed by atoms with Crippen LogP contribution >= 0.6 is 11.6 Å². The number of carbonyl (C=O) groups excluding carboxylic acids is 2. The van der Waals surface area contributed by atoms with E-state index in [1.54, 1.807) is 24.3 Å². The van der Waals surface area contributed by atoms with Gasteiger partial charge in [-0.2, -0.15) is 0 Å². The van der Waals surface area contributed by atoms with Crippen LogP contribution in [0.3, 0.4) is 0 Å². The third kappa shape index (κ3) is 2.91. The van der Waals surface area contributed by atoms with Gasteiger partial charge in [-0.1, -0.05) is 49.9 Å². The number of hydrogen-bond donors (Lipinski definition) is 2. The van der Waals surface area contributed by atoms with Crippen LogP contribution in [0.5, 0.6) is 0 Å². The highest BCUT2D eigenvalue weighted by Gasteiger charge is 2.52. The van der Waals surface area contributed by atoms with Crippen molar-refractivity contribution in [1.82, 2.24) is 10.2 Å². The van der Waals surface area contributed by atoms with Crippen molar-refractivity contribution < 1.29 is 14.7 Å². The fourth-order valence-corrected chi connectivity index (χ4v) is 3.93. The molecule has 2 fully saturated rings. The number of halogens is 1. The fraction of sp³-hybridized carbons (Fsp3) is 0.556. The third-order valence-corrected chi connectivity index (χ3v) is 5.53. The van der Waals surface area contributed by atoms with E-state index in [1.165, 1.54) is 4.90 Å². The van der Waals surface area contributed by atoms with Gasteiger partial charge in [0.2, 0.25) is 0 Å². The van der Waals surface area contributed by atoms with Crippen molar-refractivity contribution in [2.24, 2.45) is 0 Å². The number of amides is 3. The summed E-state index contributed by atoms with van der Waals surface area (Å²) in [6.45, 7) is 1.93. The van der Waals surface area contributed by atoms with Crippen molar-refractivity contribution in [3.63, 3.8) is 0 Å². The van der Waals surface area contributed by atoms with Crippen LogP contribution in [-0.4, -0.2) is 34.1 Å². The van der Waals surface area contributed by atoms with Gasteiger partial charge in [-0.3, -0.25) is 9.69 Å². The molecule has 0 spiro atoms. The van der Waals surface area contributed by atoms with Crippen LogP contribution in [0.1, 0.15) is 51.0 Å². The van der Waals surface area contributed by atoms with Crippen molar-refractivity contribution in [3.05, 3.63) is 34.9 Å². The third-order valence-electron chi connectivity index (χ3n) is 5.28. The minimum atomic E-state index is -1.08. The SMILES string of the molecule is CC[C@@]1(c2ccc(Cl)cc2)NC(=O)N(CC2(O)CCCCC2)C1=O. The van der Waals surface area contributed by atoms with Crippen molar-refractivity contribution in [3.8, 4) is 0 Å². The van der Waals surface area contributed by atoms with E-state index < -0.39 is 17.2 Å². The molecule has 24 heavy (non-hydrogen) atoms. The molecule has 1 aromatic carbocycles. The predicted molar refractivity (Wildman–Crippen MR) is 91.7 cm³/mol. The molecule has 3 rings (SSSR count). The second-order valence-corrected chi connectivity index (χ2v) is 7.31. The number of imide groups is 1. The zero-order valence-corrected chi connectivity index (χ0v) is 14.6. The molecule has 2 aliphatic rings. The molecule has 3 amide bonds. The molecule has 1 heterocycles. The Labute approximate surface area is 147 Å². The lowest BCUT2D eigenvalue weighted by Crippen LogP contribution is -2.48. The molecular formula is C18H23ClN2O3. The van der Waals surface area contributed by atoms with Crippen molar-refractivity contribution in [2.75, 3.05) is 6.54 Å². The number of rotatable bonds is 4. The molecule has 0 bridgehead atoms. The smallest absolute Gasteiger partial charge is 0.325 e. The van der Waals surface area contributed by atoms with Crippen molar-refractivity contribution >= 4 is 23.5 Å². The topological polar surface area (TPSA) is 69.6 Å². The Bertz CT molecular complexity index is 640. The zero-order valence-electron chi connectivity index (χ0n) is 13.8. The molecule has 1 atom stereocenters. The van der Waals surface area contributed by atoms with Crippen molar-refractivity contribution in [1.29, 1.82) is 0 Å². The summed E-state index contributed by atoms with van der Waals surface area (Å²) in [4.78, 5) is 26.7. The van der Waals surface area contributed by atoms with E-state index in [2.05, 4.69) is 5.32 Å². The summed E-state index contributed by atoms with van der Waals surface area (Å²) in [7, 11) is 0. The Balaban J connectivity index is 1.87. The van der Waals surface area contributed by atoms with E-state index in [9.17, 15) is 14.7 Å². The summed E-state index contributed by atoms with van der Waals surface area (Å²) < 4.78 is 0. The minimum Gasteiger partial charge on any atom is -0.388 e. The lowest BCUT2D eigenvalue weighted by Gasteiger charge is -2.34. The first-order valence-electron chi connectivity index (χ1n) is 8.53. The molecule has 2 N–H and O–H groups in total. The van der Waals surface area contributed by atoms with Crippen molar-refractivity contribution in [2.45, 2.75) is 56.6 Å². The van der Waals surface area contributed by atoms with Crippen LogP contribution in [0.15, 0.2) is 24.3 Å². The molecule has 6 heteroatoms. The van der Waals surface area contributed by atoms with Crippen LogP contribution in [0, 0.1) is 0 Å². The first kappa shape index (κ1) is 17.2. The highest BCUT2D eigenvalue weighted by molar-refractivity contribution is 6.30. The summed E-state index contributed by atoms with van der Waals surface area (Å²) in [5.41, 5.74) is -1.33. The second kappa shape index (κ2) is 6.37. The highest BCUT2D eigenvalue weighted by atomic mass is 35.5. The molecule has 1 aromatic rings. The van der Waals surface area contributed by atoms with Gasteiger partial charge in [-0.05, 0) is 37.0 Å². The average Bonchev–Trinajstić information content (AvgIpc) is 2.81. The summed E-state index contributed by atoms with van der Waals surface area (Å²) in [6, 6.07) is 6.53. The Hall–Kier alpha value is -1.59. The standard InChI is InChI=1S/C18H23ClN2O3/c1-2-18(13-6-8-14(19)9-7-13)15(22)21(16(23)20-18)12-17(24)10-4-3-5-11-17/h6-9,24H,2-5,10-12H2,1H3,(H,20,23)/t18-/m0/s1. The monoisotopic (exact) mass is 350 g/mol. The first-order chi connectivity index (χ1) is 11.4. The van der Waals surface area contributed by atoms with Gasteiger partial charge in [0.15, 0.2) is 0 Å². The number of nitrogens with one attached hydrogen (secondary N) is 1. The average molecular weight is 351 g/mol. The summed E-state index contributed by atoms with van der Waals surface area (Å²) in [6.07, 6.45) is 4.64. The molecule has 5 nitrogen and oxygen atoms in total. The van der Waals surface area contributed by atoms with Crippen LogP contribution in [0.2, 0.25) is 5.02 Å². The van der Waals surface area contributed by atoms with E-state index in [0.717, 1.165) is 19.3 Å². The van der Waals surface area contributed by atoms with E-state index in [1.807, 2.05) is 6.92 Å². The molecule has 1 aliphatic heterocycles. The molecule has 0 unspecified atom stereocenters. The van der Waals surface area contributed by atoms with Gasteiger partial charge in [0.05, 0.1) is 12.1 Å². The van der Waals surface area contributed by atoms with Gasteiger partial charge in [0.1, 0.15) is 5.54 Å². The molecular weight excluding hydrogens is 328 g/mol. The van der Waals surface area contributed by atoms with Crippen LogP contribution in [-0.2, 0) is 10.3 Å². The quantitative estimate of drug-likeness (QED) is 0.819. The maximum atomic E-state index is 13.1. The number of β-amino-alcohol motifs (C(OH)–C–C–N with tert-alkyl or cyclic N) is 1. The number of carbonyl (C=O) groups is 2. The number of urea groups is 1. The van der Waals surface area contributed by atoms with Gasteiger partial charge in [0.25, 0.3) is 5.91 Å². The normalized spacial score (nSPS) is 26.5. The fourth-order valence-electron chi connectivity index (χ4n) is 3.81. The van der Waals surface area contributed by atoms with E-state index in [-0.39, 0.29) is 12.5 Å². The van der Waals surface area contributed by atoms with E-state index in [0.29, 0.717) is 29.8 Å². The number of nitrogens with zero attached hydrogens (tertiary/aromatic N) is 1. The minimum absolute atomic E-state index is 0.0625. The molecule has 1 saturated heterocycles. The maximum absolute atomic E-state index is 13.1. The highest BCUT2D eigenvalue weighted by Crippen LogP contribution is 2.36. The Morgan fingerprint density at radius 2 is 1.79 bits per heavy atom. The van der Waals surface area contributed by atoms with E-state index >= 15 is 0 Å². The predicted octanol–water partition coefficient (Wildman–Crippen LogP) is 3.19. The lowest BCUT2D eigenvalue weighted by atomic mass is 9.83.